The van der Waals surface area contributed by atoms with Crippen LogP contribution in [0.2, 0.25) is 0 Å². The Balaban J connectivity index is 1.72. The van der Waals surface area contributed by atoms with Gasteiger partial charge in [-0.15, -0.1) is 0 Å². The second-order valence-corrected chi connectivity index (χ2v) is 5.50. The molecular weight excluding hydrogens is 246 g/mol. The summed E-state index contributed by atoms with van der Waals surface area (Å²) >= 11 is 0. The van der Waals surface area contributed by atoms with E-state index in [-0.39, 0.29) is 24.1 Å². The van der Waals surface area contributed by atoms with Gasteiger partial charge in [-0.25, -0.2) is 0 Å². The molecule has 0 aromatic carbocycles. The standard InChI is InChI=1S/C12H19N5O2/c1-6-8(15-16-14-6)12(18)13-9-7-4-5-19-11(7)10(9)17(2)3/h7,9-11H,4-5H2,1-3H3,(H,13,18)(H,14,15,16)/t7-,9+,10-,11-/m1/s1. The molecule has 1 aromatic rings. The zero-order chi connectivity index (χ0) is 13.6. The molecule has 2 heterocycles. The van der Waals surface area contributed by atoms with Crippen LogP contribution in [0, 0.1) is 12.8 Å². The fourth-order valence-corrected chi connectivity index (χ4v) is 3.20. The maximum Gasteiger partial charge on any atom is 0.274 e. The van der Waals surface area contributed by atoms with Crippen LogP contribution in [0.15, 0.2) is 0 Å². The van der Waals surface area contributed by atoms with Crippen LogP contribution in [-0.2, 0) is 4.74 Å². The van der Waals surface area contributed by atoms with E-state index in [0.29, 0.717) is 17.3 Å². The number of H-pyrrole nitrogens is 1. The molecular formula is C12H19N5O2. The largest absolute Gasteiger partial charge is 0.376 e. The Morgan fingerprint density at radius 1 is 1.47 bits per heavy atom. The SMILES string of the molecule is Cc1n[nH]nc1C(=O)N[C@H]1[C@H]2CCO[C@H]2[C@@H]1N(C)C. The molecule has 4 atom stereocenters. The lowest BCUT2D eigenvalue weighted by atomic mass is 9.71. The fraction of sp³-hybridized carbons (Fsp3) is 0.750. The van der Waals surface area contributed by atoms with Gasteiger partial charge in [0, 0.05) is 12.5 Å². The highest BCUT2D eigenvalue weighted by molar-refractivity contribution is 5.93. The van der Waals surface area contributed by atoms with E-state index >= 15 is 0 Å². The summed E-state index contributed by atoms with van der Waals surface area (Å²) in [5.41, 5.74) is 0.998. The first-order chi connectivity index (χ1) is 9.09. The molecule has 0 spiro atoms. The number of fused-ring (bicyclic) bond motifs is 1. The molecule has 1 saturated heterocycles. The minimum Gasteiger partial charge on any atom is -0.376 e. The van der Waals surface area contributed by atoms with Crippen LogP contribution >= 0.6 is 0 Å². The van der Waals surface area contributed by atoms with Gasteiger partial charge in [0.15, 0.2) is 5.69 Å². The summed E-state index contributed by atoms with van der Waals surface area (Å²) in [4.78, 5) is 14.3. The van der Waals surface area contributed by atoms with E-state index in [9.17, 15) is 4.79 Å². The smallest absolute Gasteiger partial charge is 0.274 e. The van der Waals surface area contributed by atoms with Gasteiger partial charge in [0.05, 0.1) is 23.9 Å². The van der Waals surface area contributed by atoms with Crippen molar-refractivity contribution in [3.63, 3.8) is 0 Å². The maximum atomic E-state index is 12.2. The van der Waals surface area contributed by atoms with Crippen molar-refractivity contribution in [1.82, 2.24) is 25.6 Å². The zero-order valence-corrected chi connectivity index (χ0v) is 11.4. The molecule has 0 radical (unpaired) electrons. The molecule has 2 aliphatic rings. The number of hydrogen-bond donors (Lipinski definition) is 2. The van der Waals surface area contributed by atoms with Crippen molar-refractivity contribution in [2.24, 2.45) is 5.92 Å². The number of rotatable bonds is 3. The van der Waals surface area contributed by atoms with Crippen LogP contribution < -0.4 is 5.32 Å². The van der Waals surface area contributed by atoms with Crippen LogP contribution in [-0.4, -0.2) is 65.1 Å². The van der Waals surface area contributed by atoms with Crippen molar-refractivity contribution < 1.29 is 9.53 Å². The molecule has 3 rings (SSSR count). The number of aromatic amines is 1. The number of carbonyl (C=O) groups is 1. The van der Waals surface area contributed by atoms with E-state index in [2.05, 4.69) is 25.6 Å². The minimum absolute atomic E-state index is 0.131. The van der Waals surface area contributed by atoms with E-state index in [1.807, 2.05) is 14.1 Å². The summed E-state index contributed by atoms with van der Waals surface area (Å²) in [7, 11) is 4.03. The molecule has 2 N–H and O–H groups in total. The van der Waals surface area contributed by atoms with E-state index in [1.54, 1.807) is 6.92 Å². The quantitative estimate of drug-likeness (QED) is 0.774. The second kappa shape index (κ2) is 4.57. The predicted molar refractivity (Wildman–Crippen MR) is 67.7 cm³/mol. The molecule has 0 bridgehead atoms. The summed E-state index contributed by atoms with van der Waals surface area (Å²) in [6, 6.07) is 0.370. The molecule has 1 amide bonds. The highest BCUT2D eigenvalue weighted by atomic mass is 16.5. The minimum atomic E-state index is -0.159. The van der Waals surface area contributed by atoms with Crippen molar-refractivity contribution in [3.8, 4) is 0 Å². The number of hydrogen-bond acceptors (Lipinski definition) is 5. The third-order valence-electron chi connectivity index (χ3n) is 4.18. The Morgan fingerprint density at radius 2 is 2.26 bits per heavy atom. The van der Waals surface area contributed by atoms with Gasteiger partial charge in [0.25, 0.3) is 5.91 Å². The highest BCUT2D eigenvalue weighted by Crippen LogP contribution is 2.41. The van der Waals surface area contributed by atoms with Crippen molar-refractivity contribution in [2.45, 2.75) is 31.5 Å². The Morgan fingerprint density at radius 3 is 2.89 bits per heavy atom. The van der Waals surface area contributed by atoms with Crippen molar-refractivity contribution in [1.29, 1.82) is 0 Å². The predicted octanol–water partition coefficient (Wildman–Crippen LogP) is -0.440. The van der Waals surface area contributed by atoms with Crippen LogP contribution in [0.25, 0.3) is 0 Å². The van der Waals surface area contributed by atoms with Crippen LogP contribution in [0.4, 0.5) is 0 Å². The number of ether oxygens (including phenoxy) is 1. The number of nitrogens with one attached hydrogen (secondary N) is 2. The number of nitrogens with zero attached hydrogens (tertiary/aromatic N) is 3. The Labute approximate surface area is 111 Å². The van der Waals surface area contributed by atoms with Gasteiger partial charge in [-0.2, -0.15) is 15.4 Å². The van der Waals surface area contributed by atoms with Gasteiger partial charge in [-0.3, -0.25) is 4.79 Å². The first-order valence-corrected chi connectivity index (χ1v) is 6.56. The van der Waals surface area contributed by atoms with E-state index < -0.39 is 0 Å². The average Bonchev–Trinajstić information content (AvgIpc) is 2.92. The van der Waals surface area contributed by atoms with Crippen LogP contribution in [0.1, 0.15) is 22.6 Å². The number of amides is 1. The van der Waals surface area contributed by atoms with Gasteiger partial charge in [-0.1, -0.05) is 0 Å². The van der Waals surface area contributed by atoms with Gasteiger partial charge in [0.1, 0.15) is 0 Å². The summed E-state index contributed by atoms with van der Waals surface area (Å²) in [5, 5.41) is 13.3. The lowest BCUT2D eigenvalue weighted by Gasteiger charge is -2.50. The van der Waals surface area contributed by atoms with Crippen molar-refractivity contribution in [2.75, 3.05) is 20.7 Å². The molecule has 1 aliphatic carbocycles. The molecule has 1 aromatic heterocycles. The van der Waals surface area contributed by atoms with Gasteiger partial charge in [0.2, 0.25) is 0 Å². The first kappa shape index (κ1) is 12.6. The average molecular weight is 265 g/mol. The molecule has 7 heteroatoms. The molecule has 19 heavy (non-hydrogen) atoms. The van der Waals surface area contributed by atoms with Gasteiger partial charge in [-0.05, 0) is 27.4 Å². The highest BCUT2D eigenvalue weighted by Gasteiger charge is 2.55. The topological polar surface area (TPSA) is 83.1 Å². The van der Waals surface area contributed by atoms with Gasteiger partial charge < -0.3 is 15.0 Å². The number of carbonyl (C=O) groups excluding carboxylic acids is 1. The van der Waals surface area contributed by atoms with Crippen LogP contribution in [0.5, 0.6) is 0 Å². The maximum absolute atomic E-state index is 12.2. The monoisotopic (exact) mass is 265 g/mol. The first-order valence-electron chi connectivity index (χ1n) is 6.56. The normalized spacial score (nSPS) is 33.1. The molecule has 7 nitrogen and oxygen atoms in total. The summed E-state index contributed by atoms with van der Waals surface area (Å²) in [5.74, 6) is 0.261. The Kier molecular flexibility index (Phi) is 3.02. The zero-order valence-electron chi connectivity index (χ0n) is 11.4. The molecule has 104 valence electrons. The molecule has 1 saturated carbocycles. The Hall–Kier alpha value is -1.47. The van der Waals surface area contributed by atoms with Crippen molar-refractivity contribution in [3.05, 3.63) is 11.4 Å². The molecule has 2 fully saturated rings. The van der Waals surface area contributed by atoms with E-state index in [0.717, 1.165) is 13.0 Å². The third-order valence-corrected chi connectivity index (χ3v) is 4.18. The summed E-state index contributed by atoms with van der Waals surface area (Å²) in [6.45, 7) is 2.55. The van der Waals surface area contributed by atoms with E-state index in [4.69, 9.17) is 4.74 Å². The van der Waals surface area contributed by atoms with Crippen LogP contribution in [0.3, 0.4) is 0 Å². The third kappa shape index (κ3) is 1.93. The lowest BCUT2D eigenvalue weighted by molar-refractivity contribution is -0.0664. The summed E-state index contributed by atoms with van der Waals surface area (Å²) in [6.07, 6.45) is 1.26. The lowest BCUT2D eigenvalue weighted by Crippen LogP contribution is -2.69. The number of aryl methyl sites for hydroxylation is 1. The number of likely N-dealkylation sites (N-methyl/N-ethyl adjacent to an activating group) is 1. The van der Waals surface area contributed by atoms with Gasteiger partial charge >= 0.3 is 0 Å². The second-order valence-electron chi connectivity index (χ2n) is 5.50. The number of aromatic nitrogens is 3. The van der Waals surface area contributed by atoms with Crippen molar-refractivity contribution >= 4 is 5.91 Å². The summed E-state index contributed by atoms with van der Waals surface area (Å²) < 4.78 is 5.72. The molecule has 1 aliphatic heterocycles. The fourth-order valence-electron chi connectivity index (χ4n) is 3.20. The van der Waals surface area contributed by atoms with E-state index in [1.165, 1.54) is 0 Å². The Bertz CT molecular complexity index is 486. The molecule has 0 unspecified atom stereocenters.